The number of fused-ring (bicyclic) bond motifs is 7. The van der Waals surface area contributed by atoms with Crippen LogP contribution in [-0.2, 0) is 37.5 Å². The van der Waals surface area contributed by atoms with Crippen molar-refractivity contribution in [2.24, 2.45) is 17.6 Å². The van der Waals surface area contributed by atoms with Gasteiger partial charge in [0.15, 0.2) is 6.54 Å². The van der Waals surface area contributed by atoms with Gasteiger partial charge in [-0.1, -0.05) is 31.2 Å². The molecule has 242 valence electrons. The van der Waals surface area contributed by atoms with Crippen molar-refractivity contribution < 1.29 is 54.4 Å². The van der Waals surface area contributed by atoms with E-state index in [0.717, 1.165) is 64.6 Å². The van der Waals surface area contributed by atoms with E-state index in [1.54, 1.807) is 13.0 Å². The first kappa shape index (κ1) is 31.9. The number of carboxylic acid groups (broad SMARTS) is 1. The lowest BCUT2D eigenvalue weighted by Crippen LogP contribution is -3.00. The summed E-state index contributed by atoms with van der Waals surface area (Å²) >= 11 is 0. The van der Waals surface area contributed by atoms with Gasteiger partial charge in [0.05, 0.1) is 34.6 Å². The van der Waals surface area contributed by atoms with E-state index in [4.69, 9.17) is 5.73 Å². The van der Waals surface area contributed by atoms with Crippen LogP contribution in [0.3, 0.4) is 0 Å². The lowest BCUT2D eigenvalue weighted by atomic mass is 9.78. The number of quaternary nitrogens is 2. The van der Waals surface area contributed by atoms with Crippen molar-refractivity contribution in [1.29, 1.82) is 0 Å². The summed E-state index contributed by atoms with van der Waals surface area (Å²) in [5.41, 5.74) is 7.23. The first-order chi connectivity index (χ1) is 20.8. The average Bonchev–Trinajstić information content (AvgIpc) is 3.36. The number of β-lactam (4-membered cyclic amide) rings is 1. The highest BCUT2D eigenvalue weighted by Gasteiger charge is 2.59. The molecule has 0 aliphatic carbocycles. The highest BCUT2D eigenvalue weighted by atomic mass is 35.5. The quantitative estimate of drug-likeness (QED) is 0.215. The van der Waals surface area contributed by atoms with Crippen molar-refractivity contribution in [3.8, 4) is 0 Å². The number of carboxylic acids is 1. The maximum Gasteiger partial charge on any atom is 0.272 e. The van der Waals surface area contributed by atoms with Gasteiger partial charge in [-0.25, -0.2) is 8.42 Å². The number of benzene rings is 2. The van der Waals surface area contributed by atoms with Gasteiger partial charge in [0, 0.05) is 24.6 Å². The number of primary amides is 1. The van der Waals surface area contributed by atoms with Crippen LogP contribution in [0.5, 0.6) is 0 Å². The van der Waals surface area contributed by atoms with Gasteiger partial charge in [0.25, 0.3) is 5.91 Å². The Hall–Kier alpha value is -3.07. The summed E-state index contributed by atoms with van der Waals surface area (Å²) in [7, 11) is -3.99. The number of nitrogens with two attached hydrogens (primary N) is 1. The maximum atomic E-state index is 14.1. The third kappa shape index (κ3) is 4.70. The van der Waals surface area contributed by atoms with E-state index in [1.807, 2.05) is 24.3 Å². The summed E-state index contributed by atoms with van der Waals surface area (Å²) in [6.45, 7) is 9.47. The number of hydrogen-bond acceptors (Lipinski definition) is 7. The van der Waals surface area contributed by atoms with E-state index >= 15 is 0 Å². The van der Waals surface area contributed by atoms with E-state index in [1.165, 1.54) is 16.1 Å². The van der Waals surface area contributed by atoms with Gasteiger partial charge in [-0.2, -0.15) is 4.31 Å². The number of aliphatic carboxylic acids is 1. The Kier molecular flexibility index (Phi) is 7.62. The third-order valence-electron chi connectivity index (χ3n) is 11.2. The molecule has 12 nitrogen and oxygen atoms in total. The summed E-state index contributed by atoms with van der Waals surface area (Å²) in [6, 6.07) is 9.09. The second-order valence-corrected chi connectivity index (χ2v) is 15.5. The molecule has 8 rings (SSSR count). The predicted octanol–water partition coefficient (Wildman–Crippen LogP) is -4.14. The van der Waals surface area contributed by atoms with Crippen molar-refractivity contribution >= 4 is 38.6 Å². The molecule has 0 aromatic heterocycles. The first-order valence-electron chi connectivity index (χ1n) is 15.3. The molecular weight excluding hydrogens is 622 g/mol. The van der Waals surface area contributed by atoms with Crippen LogP contribution in [0, 0.1) is 11.8 Å². The summed E-state index contributed by atoms with van der Waals surface area (Å²) in [5, 5.41) is 24.3. The molecule has 4 fully saturated rings. The van der Waals surface area contributed by atoms with Crippen LogP contribution in [0.1, 0.15) is 25.0 Å². The molecule has 0 saturated carbocycles. The number of nitrogens with zero attached hydrogens (tertiary/aromatic N) is 4. The molecule has 14 heteroatoms. The largest absolute Gasteiger partial charge is 1.00 e. The number of piperazine rings is 3. The highest BCUT2D eigenvalue weighted by molar-refractivity contribution is 7.89. The molecule has 3 N–H and O–H groups in total. The lowest BCUT2D eigenvalue weighted by Gasteiger charge is -2.55. The Morgan fingerprint density at radius 3 is 2.27 bits per heavy atom. The molecule has 4 atom stereocenters. The highest BCUT2D eigenvalue weighted by Crippen LogP contribution is 2.48. The average molecular weight is 660 g/mol. The number of aliphatic hydroxyl groups is 1. The fraction of sp³-hybridized carbons (Fsp3) is 0.516. The van der Waals surface area contributed by atoms with Crippen LogP contribution in [0.25, 0.3) is 10.8 Å². The van der Waals surface area contributed by atoms with Crippen LogP contribution in [0.4, 0.5) is 0 Å². The van der Waals surface area contributed by atoms with Gasteiger partial charge in [-0.05, 0) is 34.9 Å². The minimum atomic E-state index is -3.99. The zero-order valence-electron chi connectivity index (χ0n) is 25.3. The number of carbonyl (C=O) groups is 3. The van der Waals surface area contributed by atoms with E-state index in [9.17, 15) is 33.0 Å². The van der Waals surface area contributed by atoms with Crippen LogP contribution in [0.15, 0.2) is 46.5 Å². The molecule has 0 radical (unpaired) electrons. The Morgan fingerprint density at radius 1 is 1.09 bits per heavy atom. The summed E-state index contributed by atoms with van der Waals surface area (Å²) in [4.78, 5) is 38.1. The number of carbonyl (C=O) groups excluding carboxylic acids is 3. The van der Waals surface area contributed by atoms with Gasteiger partial charge in [0.1, 0.15) is 45.8 Å². The minimum absolute atomic E-state index is 0. The molecule has 0 spiro atoms. The van der Waals surface area contributed by atoms with E-state index in [2.05, 4.69) is 0 Å². The smallest absolute Gasteiger partial charge is 0.272 e. The molecule has 6 heterocycles. The number of sulfonamides is 1. The molecule has 6 aliphatic heterocycles. The molecule has 2 bridgehead atoms. The number of amides is 2. The van der Waals surface area contributed by atoms with E-state index in [-0.39, 0.29) is 42.0 Å². The molecule has 45 heavy (non-hydrogen) atoms. The Labute approximate surface area is 268 Å². The predicted molar refractivity (Wildman–Crippen MR) is 156 cm³/mol. The third-order valence-corrected chi connectivity index (χ3v) is 13.0. The fourth-order valence-electron chi connectivity index (χ4n) is 8.69. The summed E-state index contributed by atoms with van der Waals surface area (Å²) < 4.78 is 31.1. The molecule has 2 amide bonds. The van der Waals surface area contributed by atoms with Crippen molar-refractivity contribution in [3.63, 3.8) is 0 Å². The van der Waals surface area contributed by atoms with Crippen molar-refractivity contribution in [2.45, 2.75) is 44.0 Å². The monoisotopic (exact) mass is 659 g/mol. The van der Waals surface area contributed by atoms with Gasteiger partial charge in [-0.15, -0.1) is 0 Å². The van der Waals surface area contributed by atoms with Gasteiger partial charge in [-0.3, -0.25) is 9.59 Å². The summed E-state index contributed by atoms with van der Waals surface area (Å²) in [5.74, 6) is -3.49. The second-order valence-electron chi connectivity index (χ2n) is 13.6. The van der Waals surface area contributed by atoms with Gasteiger partial charge in [0.2, 0.25) is 15.9 Å². The lowest BCUT2D eigenvalue weighted by molar-refractivity contribution is -1.08. The SMILES string of the molecule is C[C@@H](O)[C@H]1C(=O)N2C(C(=O)[O-])=C(CN3Cc4c(cc(C[N+]56CC[N+](CC(N)=O)(CC5)CC6)c5ccccc45)S3(=O)=O)[C@H](C)[C@H]12.[Cl-]. The minimum Gasteiger partial charge on any atom is -1.00 e. The second kappa shape index (κ2) is 10.7. The van der Waals surface area contributed by atoms with Crippen LogP contribution >= 0.6 is 0 Å². The molecular formula is C31H38ClN5O7S. The van der Waals surface area contributed by atoms with Crippen LogP contribution in [-0.4, -0.2) is 114 Å². The molecule has 0 unspecified atom stereocenters. The standard InChI is InChI=1S/C31H37N5O7S.ClH/c1-18-23(29(31(40)41)34-28(18)27(19(2)37)30(34)39)14-33-15-24-22-6-4-3-5-21(22)20(13-25(24)44(33,42)43)16-35-7-10-36(11-8-35,12-9-35)17-26(32)38;/h3-6,13,18-19,27-28,37H,7-12,14-17H2,1-2H3,(H-2,32,38,40,41);1H/t18-,19+,27+,28+,35?,36?;/m0./s1. The van der Waals surface area contributed by atoms with Gasteiger partial charge >= 0.3 is 0 Å². The summed E-state index contributed by atoms with van der Waals surface area (Å²) in [6.07, 6.45) is -0.956. The van der Waals surface area contributed by atoms with Crippen LogP contribution < -0.4 is 23.2 Å². The van der Waals surface area contributed by atoms with Crippen molar-refractivity contribution in [3.05, 3.63) is 52.7 Å². The van der Waals surface area contributed by atoms with Crippen LogP contribution in [0.2, 0.25) is 0 Å². The van der Waals surface area contributed by atoms with Crippen molar-refractivity contribution in [1.82, 2.24) is 9.21 Å². The molecule has 2 aromatic rings. The molecule has 4 saturated heterocycles. The zero-order chi connectivity index (χ0) is 31.3. The van der Waals surface area contributed by atoms with Crippen molar-refractivity contribution in [2.75, 3.05) is 52.4 Å². The molecule has 6 aliphatic rings. The van der Waals surface area contributed by atoms with Gasteiger partial charge < -0.3 is 47.0 Å². The number of halogens is 1. The molecule has 2 aromatic carbocycles. The van der Waals surface area contributed by atoms with E-state index in [0.29, 0.717) is 24.2 Å². The zero-order valence-corrected chi connectivity index (χ0v) is 26.9. The topological polar surface area (TPSA) is 161 Å². The number of hydrogen-bond donors (Lipinski definition) is 2. The van der Waals surface area contributed by atoms with E-state index < -0.39 is 45.9 Å². The Morgan fingerprint density at radius 2 is 1.69 bits per heavy atom. The Bertz CT molecular complexity index is 1750. The first-order valence-corrected chi connectivity index (χ1v) is 16.7. The fourth-order valence-corrected chi connectivity index (χ4v) is 10.4. The normalized spacial score (nSPS) is 32.2. The number of aliphatic hydroxyl groups excluding tert-OH is 1. The number of rotatable bonds is 8. The Balaban J connectivity index is 0.00000357. The maximum absolute atomic E-state index is 14.1.